The molecule has 0 aliphatic carbocycles. The molecular weight excluding hydrogens is 547 g/mol. The van der Waals surface area contributed by atoms with E-state index >= 15 is 0 Å². The summed E-state index contributed by atoms with van der Waals surface area (Å²) in [5, 5.41) is 2.00. The first kappa shape index (κ1) is 27.4. The van der Waals surface area contributed by atoms with Gasteiger partial charge in [0.25, 0.3) is 0 Å². The molecule has 0 unspecified atom stereocenters. The van der Waals surface area contributed by atoms with E-state index in [1.807, 2.05) is 42.5 Å². The van der Waals surface area contributed by atoms with Crippen LogP contribution in [0.4, 0.5) is 0 Å². The van der Waals surface area contributed by atoms with Gasteiger partial charge in [0.05, 0.1) is 22.7 Å². The van der Waals surface area contributed by atoms with Crippen molar-refractivity contribution in [1.29, 1.82) is 0 Å². The van der Waals surface area contributed by atoms with Crippen LogP contribution in [-0.4, -0.2) is 36.6 Å². The number of fused-ring (bicyclic) bond motifs is 1. The largest absolute Gasteiger partial charge is 0.464 e. The lowest BCUT2D eigenvalue weighted by atomic mass is 10.0. The minimum absolute atomic E-state index is 0.367. The molecule has 0 fully saturated rings. The van der Waals surface area contributed by atoms with E-state index in [0.717, 1.165) is 43.9 Å². The van der Waals surface area contributed by atoms with Gasteiger partial charge in [-0.25, -0.2) is 4.79 Å². The van der Waals surface area contributed by atoms with Crippen molar-refractivity contribution in [2.45, 2.75) is 22.9 Å². The predicted octanol–water partition coefficient (Wildman–Crippen LogP) is 8.66. The monoisotopic (exact) mass is 574 g/mol. The van der Waals surface area contributed by atoms with Gasteiger partial charge in [0.2, 0.25) is 0 Å². The Bertz CT molecular complexity index is 1630. The average Bonchev–Trinajstić information content (AvgIpc) is 3.29. The number of carbonyl (C=O) groups is 1. The molecule has 1 heterocycles. The fourth-order valence-electron chi connectivity index (χ4n) is 4.71. The minimum atomic E-state index is -0.367. The van der Waals surface area contributed by atoms with Crippen molar-refractivity contribution in [3.05, 3.63) is 118 Å². The zero-order chi connectivity index (χ0) is 27.5. The van der Waals surface area contributed by atoms with Crippen molar-refractivity contribution in [1.82, 2.24) is 9.47 Å². The SMILES string of the molecule is COC(=O)c1cc2ccc(Sc3ccc(Cl)c(Cl)c3)c(-c3ccccc3)c2n1Cc1ccc(CN(C)C)cc1. The van der Waals surface area contributed by atoms with Crippen LogP contribution in [-0.2, 0) is 17.8 Å². The number of benzene rings is 4. The number of methoxy groups -OCH3 is 1. The van der Waals surface area contributed by atoms with Crippen molar-refractivity contribution >= 4 is 51.8 Å². The lowest BCUT2D eigenvalue weighted by molar-refractivity contribution is 0.0589. The van der Waals surface area contributed by atoms with Crippen LogP contribution in [0.1, 0.15) is 21.6 Å². The molecule has 39 heavy (non-hydrogen) atoms. The zero-order valence-corrected chi connectivity index (χ0v) is 24.3. The second kappa shape index (κ2) is 11.9. The molecule has 0 saturated carbocycles. The van der Waals surface area contributed by atoms with Crippen LogP contribution in [0, 0.1) is 0 Å². The summed E-state index contributed by atoms with van der Waals surface area (Å²) in [6.07, 6.45) is 0. The maximum atomic E-state index is 13.0. The molecule has 0 saturated heterocycles. The van der Waals surface area contributed by atoms with Crippen molar-refractivity contribution in [2.24, 2.45) is 0 Å². The van der Waals surface area contributed by atoms with Gasteiger partial charge in [-0.15, -0.1) is 0 Å². The molecule has 0 spiro atoms. The molecule has 5 aromatic rings. The fraction of sp³-hybridized carbons (Fsp3) is 0.156. The molecule has 0 bridgehead atoms. The Morgan fingerprint density at radius 1 is 0.872 bits per heavy atom. The molecule has 0 radical (unpaired) electrons. The van der Waals surface area contributed by atoms with Gasteiger partial charge in [0, 0.05) is 33.8 Å². The van der Waals surface area contributed by atoms with E-state index in [1.165, 1.54) is 12.7 Å². The van der Waals surface area contributed by atoms with Crippen LogP contribution in [0.2, 0.25) is 10.0 Å². The van der Waals surface area contributed by atoms with Gasteiger partial charge >= 0.3 is 5.97 Å². The highest BCUT2D eigenvalue weighted by atomic mass is 35.5. The van der Waals surface area contributed by atoms with E-state index in [-0.39, 0.29) is 5.97 Å². The lowest BCUT2D eigenvalue weighted by Crippen LogP contribution is -2.12. The summed E-state index contributed by atoms with van der Waals surface area (Å²) in [6.45, 7) is 1.39. The highest BCUT2D eigenvalue weighted by Gasteiger charge is 2.22. The molecule has 198 valence electrons. The zero-order valence-electron chi connectivity index (χ0n) is 21.9. The van der Waals surface area contributed by atoms with E-state index in [2.05, 4.69) is 72.1 Å². The Hall–Kier alpha value is -3.22. The Labute approximate surface area is 243 Å². The summed E-state index contributed by atoms with van der Waals surface area (Å²) in [6, 6.07) is 30.5. The summed E-state index contributed by atoms with van der Waals surface area (Å²) < 4.78 is 7.28. The Balaban J connectivity index is 1.70. The van der Waals surface area contributed by atoms with Crippen LogP contribution in [0.25, 0.3) is 22.0 Å². The normalized spacial score (nSPS) is 11.3. The number of esters is 1. The van der Waals surface area contributed by atoms with Crippen LogP contribution in [0.15, 0.2) is 101 Å². The van der Waals surface area contributed by atoms with Crippen molar-refractivity contribution in [3.63, 3.8) is 0 Å². The first-order chi connectivity index (χ1) is 18.8. The second-order valence-electron chi connectivity index (χ2n) is 9.58. The van der Waals surface area contributed by atoms with Crippen molar-refractivity contribution < 1.29 is 9.53 Å². The fourth-order valence-corrected chi connectivity index (χ4v) is 6.10. The molecule has 0 N–H and O–H groups in total. The van der Waals surface area contributed by atoms with Gasteiger partial charge < -0.3 is 14.2 Å². The molecule has 7 heteroatoms. The highest BCUT2D eigenvalue weighted by molar-refractivity contribution is 7.99. The summed E-state index contributed by atoms with van der Waals surface area (Å²) in [4.78, 5) is 17.1. The Morgan fingerprint density at radius 3 is 2.26 bits per heavy atom. The van der Waals surface area contributed by atoms with Gasteiger partial charge in [-0.1, -0.05) is 95.6 Å². The number of rotatable bonds is 8. The number of nitrogens with zero attached hydrogens (tertiary/aromatic N) is 2. The quantitative estimate of drug-likeness (QED) is 0.174. The Kier molecular flexibility index (Phi) is 8.34. The maximum Gasteiger partial charge on any atom is 0.354 e. The summed E-state index contributed by atoms with van der Waals surface area (Å²) in [7, 11) is 5.53. The Morgan fingerprint density at radius 2 is 1.59 bits per heavy atom. The van der Waals surface area contributed by atoms with E-state index in [0.29, 0.717) is 22.3 Å². The number of hydrogen-bond donors (Lipinski definition) is 0. The highest BCUT2D eigenvalue weighted by Crippen LogP contribution is 2.43. The van der Waals surface area contributed by atoms with Crippen LogP contribution >= 0.6 is 35.0 Å². The summed E-state index contributed by atoms with van der Waals surface area (Å²) >= 11 is 14.1. The molecular formula is C32H28Cl2N2O2S. The van der Waals surface area contributed by atoms with Crippen LogP contribution < -0.4 is 0 Å². The third-order valence-electron chi connectivity index (χ3n) is 6.46. The van der Waals surface area contributed by atoms with E-state index < -0.39 is 0 Å². The van der Waals surface area contributed by atoms with Gasteiger partial charge in [-0.2, -0.15) is 0 Å². The van der Waals surface area contributed by atoms with E-state index in [9.17, 15) is 4.79 Å². The maximum absolute atomic E-state index is 13.0. The lowest BCUT2D eigenvalue weighted by Gasteiger charge is -2.17. The molecule has 1 aromatic heterocycles. The molecule has 4 nitrogen and oxygen atoms in total. The van der Waals surface area contributed by atoms with Crippen LogP contribution in [0.5, 0.6) is 0 Å². The number of hydrogen-bond acceptors (Lipinski definition) is 4. The molecule has 0 aliphatic rings. The molecule has 0 atom stereocenters. The second-order valence-corrected chi connectivity index (χ2v) is 11.5. The van der Waals surface area contributed by atoms with Crippen LogP contribution in [0.3, 0.4) is 0 Å². The number of carbonyl (C=O) groups excluding carboxylic acids is 1. The van der Waals surface area contributed by atoms with Crippen molar-refractivity contribution in [3.8, 4) is 11.1 Å². The average molecular weight is 576 g/mol. The summed E-state index contributed by atoms with van der Waals surface area (Å²) in [5.41, 5.74) is 5.93. The molecule has 0 amide bonds. The number of ether oxygens (including phenoxy) is 1. The topological polar surface area (TPSA) is 34.5 Å². The van der Waals surface area contributed by atoms with Gasteiger partial charge in [-0.3, -0.25) is 0 Å². The van der Waals surface area contributed by atoms with Gasteiger partial charge in [0.1, 0.15) is 5.69 Å². The third-order valence-corrected chi connectivity index (χ3v) is 8.25. The number of aromatic nitrogens is 1. The summed E-state index contributed by atoms with van der Waals surface area (Å²) in [5.74, 6) is -0.367. The van der Waals surface area contributed by atoms with E-state index in [1.54, 1.807) is 11.8 Å². The standard InChI is InChI=1S/C32H28Cl2N2O2S/c1-35(2)19-21-9-11-22(12-10-21)20-36-28(32(37)38-3)17-24-13-16-29(39-25-14-15-26(33)27(34)18-25)30(31(24)36)23-7-5-4-6-8-23/h4-18H,19-20H2,1-3H3. The van der Waals surface area contributed by atoms with Gasteiger partial charge in [0.15, 0.2) is 0 Å². The predicted molar refractivity (Wildman–Crippen MR) is 162 cm³/mol. The third kappa shape index (κ3) is 6.02. The molecule has 4 aromatic carbocycles. The molecule has 5 rings (SSSR count). The minimum Gasteiger partial charge on any atom is -0.464 e. The first-order valence-electron chi connectivity index (χ1n) is 12.5. The van der Waals surface area contributed by atoms with Gasteiger partial charge in [-0.05, 0) is 61.1 Å². The van der Waals surface area contributed by atoms with E-state index in [4.69, 9.17) is 27.9 Å². The smallest absolute Gasteiger partial charge is 0.354 e. The number of halogens is 2. The van der Waals surface area contributed by atoms with Crippen molar-refractivity contribution in [2.75, 3.05) is 21.2 Å². The first-order valence-corrected chi connectivity index (χ1v) is 14.1. The molecule has 0 aliphatic heterocycles.